The number of carboxylic acid groups (broad SMARTS) is 1. The van der Waals surface area contributed by atoms with Gasteiger partial charge in [-0.2, -0.15) is 13.2 Å². The zero-order valence-electron chi connectivity index (χ0n) is 5.36. The second-order valence-electron chi connectivity index (χ2n) is 2.01. The van der Waals surface area contributed by atoms with Gasteiger partial charge >= 0.3 is 12.1 Å². The Morgan fingerprint density at radius 2 is 1.91 bits per heavy atom. The molecule has 0 rings (SSSR count). The summed E-state index contributed by atoms with van der Waals surface area (Å²) in [5.41, 5.74) is 0. The lowest BCUT2D eigenvalue weighted by Gasteiger charge is -2.07. The zero-order chi connectivity index (χ0) is 9.07. The van der Waals surface area contributed by atoms with Crippen LogP contribution in [0.3, 0.4) is 0 Å². The Hall–Kier alpha value is -0.810. The summed E-state index contributed by atoms with van der Waals surface area (Å²) in [6, 6.07) is 0. The van der Waals surface area contributed by atoms with Crippen LogP contribution in [0.5, 0.6) is 0 Å². The van der Waals surface area contributed by atoms with Crippen LogP contribution in [0.25, 0.3) is 0 Å². The molecule has 0 saturated carbocycles. The van der Waals surface area contributed by atoms with E-state index in [1.165, 1.54) is 0 Å². The lowest BCUT2D eigenvalue weighted by Crippen LogP contribution is -2.18. The minimum Gasteiger partial charge on any atom is -0.481 e. The second-order valence-corrected chi connectivity index (χ2v) is 2.01. The third-order valence-electron chi connectivity index (χ3n) is 0.849. The molecular formula is C5H6F4O2. The third-order valence-corrected chi connectivity index (χ3v) is 0.849. The number of carboxylic acids is 1. The summed E-state index contributed by atoms with van der Waals surface area (Å²) >= 11 is 0. The van der Waals surface area contributed by atoms with Gasteiger partial charge in [0.2, 0.25) is 0 Å². The molecule has 1 atom stereocenters. The first-order valence-electron chi connectivity index (χ1n) is 2.74. The highest BCUT2D eigenvalue weighted by atomic mass is 19.4. The van der Waals surface area contributed by atoms with Crippen LogP contribution in [0.15, 0.2) is 0 Å². The van der Waals surface area contributed by atoms with Gasteiger partial charge in [-0.25, -0.2) is 4.39 Å². The van der Waals surface area contributed by atoms with E-state index in [0.29, 0.717) is 0 Å². The van der Waals surface area contributed by atoms with Crippen LogP contribution in [-0.2, 0) is 4.79 Å². The fraction of sp³-hybridized carbons (Fsp3) is 0.800. The maximum Gasteiger partial charge on any atom is 0.391 e. The van der Waals surface area contributed by atoms with Crippen LogP contribution in [0.4, 0.5) is 17.6 Å². The van der Waals surface area contributed by atoms with Crippen LogP contribution in [0, 0.1) is 0 Å². The lowest BCUT2D eigenvalue weighted by atomic mass is 10.2. The predicted octanol–water partition coefficient (Wildman–Crippen LogP) is 1.75. The molecule has 0 aliphatic carbocycles. The standard InChI is InChI=1S/C5H6F4O2/c6-3(1-4(10)11)2-5(7,8)9/h3H,1-2H2,(H,10,11). The Labute approximate surface area is 59.8 Å². The lowest BCUT2D eigenvalue weighted by molar-refractivity contribution is -0.152. The van der Waals surface area contributed by atoms with E-state index in [1.807, 2.05) is 0 Å². The minimum atomic E-state index is -4.63. The molecule has 0 aliphatic heterocycles. The fourth-order valence-corrected chi connectivity index (χ4v) is 0.513. The van der Waals surface area contributed by atoms with Gasteiger partial charge in [-0.05, 0) is 0 Å². The molecule has 66 valence electrons. The molecule has 0 amide bonds. The van der Waals surface area contributed by atoms with Crippen molar-refractivity contribution in [1.29, 1.82) is 0 Å². The van der Waals surface area contributed by atoms with E-state index < -0.39 is 31.2 Å². The molecule has 6 heteroatoms. The van der Waals surface area contributed by atoms with Crippen molar-refractivity contribution in [3.63, 3.8) is 0 Å². The van der Waals surface area contributed by atoms with Crippen LogP contribution >= 0.6 is 0 Å². The van der Waals surface area contributed by atoms with Gasteiger partial charge in [0, 0.05) is 0 Å². The van der Waals surface area contributed by atoms with Crippen LogP contribution in [0.2, 0.25) is 0 Å². The number of halogens is 4. The third kappa shape index (κ3) is 7.08. The van der Waals surface area contributed by atoms with Crippen molar-refractivity contribution in [3.05, 3.63) is 0 Å². The van der Waals surface area contributed by atoms with Crippen LogP contribution in [-0.4, -0.2) is 23.4 Å². The van der Waals surface area contributed by atoms with Gasteiger partial charge in [0.05, 0.1) is 12.8 Å². The van der Waals surface area contributed by atoms with Gasteiger partial charge in [0.25, 0.3) is 0 Å². The first-order valence-corrected chi connectivity index (χ1v) is 2.74. The Bertz CT molecular complexity index is 142. The number of hydrogen-bond acceptors (Lipinski definition) is 1. The summed E-state index contributed by atoms with van der Waals surface area (Å²) in [5.74, 6) is -1.57. The monoisotopic (exact) mass is 174 g/mol. The molecule has 2 nitrogen and oxygen atoms in total. The van der Waals surface area contributed by atoms with E-state index in [1.54, 1.807) is 0 Å². The van der Waals surface area contributed by atoms with Gasteiger partial charge in [-0.1, -0.05) is 0 Å². The summed E-state index contributed by atoms with van der Waals surface area (Å²) < 4.78 is 46.0. The topological polar surface area (TPSA) is 37.3 Å². The van der Waals surface area contributed by atoms with E-state index in [9.17, 15) is 22.4 Å². The molecule has 1 unspecified atom stereocenters. The number of aliphatic carboxylic acids is 1. The number of rotatable bonds is 3. The maximum absolute atomic E-state index is 12.0. The van der Waals surface area contributed by atoms with Crippen molar-refractivity contribution in [3.8, 4) is 0 Å². The highest BCUT2D eigenvalue weighted by Gasteiger charge is 2.32. The molecule has 0 heterocycles. The molecule has 0 radical (unpaired) electrons. The minimum absolute atomic E-state index is 1.10. The summed E-state index contributed by atoms with van der Waals surface area (Å²) in [4.78, 5) is 9.69. The average molecular weight is 174 g/mol. The number of hydrogen-bond donors (Lipinski definition) is 1. The SMILES string of the molecule is O=C(O)CC(F)CC(F)(F)F. The first-order chi connectivity index (χ1) is 4.81. The smallest absolute Gasteiger partial charge is 0.391 e. The van der Waals surface area contributed by atoms with Crippen LogP contribution in [0.1, 0.15) is 12.8 Å². The van der Waals surface area contributed by atoms with E-state index in [4.69, 9.17) is 5.11 Å². The van der Waals surface area contributed by atoms with Crippen molar-refractivity contribution in [1.82, 2.24) is 0 Å². The quantitative estimate of drug-likeness (QED) is 0.661. The zero-order valence-corrected chi connectivity index (χ0v) is 5.36. The van der Waals surface area contributed by atoms with Crippen molar-refractivity contribution in [2.75, 3.05) is 0 Å². The van der Waals surface area contributed by atoms with Crippen LogP contribution < -0.4 is 0 Å². The molecular weight excluding hydrogens is 168 g/mol. The second kappa shape index (κ2) is 3.54. The molecule has 0 spiro atoms. The van der Waals surface area contributed by atoms with Gasteiger partial charge in [0.1, 0.15) is 6.17 Å². The molecule has 0 saturated heterocycles. The van der Waals surface area contributed by atoms with Crippen molar-refractivity contribution >= 4 is 5.97 Å². The van der Waals surface area contributed by atoms with Gasteiger partial charge in [-0.3, -0.25) is 4.79 Å². The Kier molecular flexibility index (Phi) is 3.28. The summed E-state index contributed by atoms with van der Waals surface area (Å²) in [5, 5.41) is 7.87. The molecule has 0 fully saturated rings. The van der Waals surface area contributed by atoms with Gasteiger partial charge < -0.3 is 5.11 Å². The largest absolute Gasteiger partial charge is 0.481 e. The number of carbonyl (C=O) groups is 1. The maximum atomic E-state index is 12.0. The fourth-order valence-electron chi connectivity index (χ4n) is 0.513. The van der Waals surface area contributed by atoms with Crippen molar-refractivity contribution < 1.29 is 27.5 Å². The average Bonchev–Trinajstić information content (AvgIpc) is 1.53. The normalized spacial score (nSPS) is 14.5. The van der Waals surface area contributed by atoms with E-state index in [-0.39, 0.29) is 0 Å². The summed E-state index contributed by atoms with van der Waals surface area (Å²) in [7, 11) is 0. The number of alkyl halides is 4. The molecule has 0 aromatic carbocycles. The Balaban J connectivity index is 3.69. The van der Waals surface area contributed by atoms with E-state index in [0.717, 1.165) is 0 Å². The summed E-state index contributed by atoms with van der Waals surface area (Å²) in [6.07, 6.45) is -9.76. The van der Waals surface area contributed by atoms with Crippen molar-refractivity contribution in [2.24, 2.45) is 0 Å². The van der Waals surface area contributed by atoms with E-state index >= 15 is 0 Å². The highest BCUT2D eigenvalue weighted by molar-refractivity contribution is 5.67. The Morgan fingerprint density at radius 3 is 2.18 bits per heavy atom. The highest BCUT2D eigenvalue weighted by Crippen LogP contribution is 2.24. The Morgan fingerprint density at radius 1 is 1.45 bits per heavy atom. The molecule has 0 bridgehead atoms. The van der Waals surface area contributed by atoms with Gasteiger partial charge in [-0.15, -0.1) is 0 Å². The molecule has 1 N–H and O–H groups in total. The van der Waals surface area contributed by atoms with Crippen molar-refractivity contribution in [2.45, 2.75) is 25.2 Å². The summed E-state index contributed by atoms with van der Waals surface area (Å²) in [6.45, 7) is 0. The molecule has 0 aromatic heterocycles. The molecule has 0 aromatic rings. The predicted molar refractivity (Wildman–Crippen MR) is 27.8 cm³/mol. The molecule has 0 aliphatic rings. The first kappa shape index (κ1) is 10.2. The van der Waals surface area contributed by atoms with Gasteiger partial charge in [0.15, 0.2) is 0 Å². The molecule has 11 heavy (non-hydrogen) atoms. The van der Waals surface area contributed by atoms with E-state index in [2.05, 4.69) is 0 Å².